The monoisotopic (exact) mass is 269 g/mol. The highest BCUT2D eigenvalue weighted by Crippen LogP contribution is 2.36. The van der Waals surface area contributed by atoms with Crippen LogP contribution in [0.25, 0.3) is 0 Å². The second kappa shape index (κ2) is 4.46. The zero-order valence-electron chi connectivity index (χ0n) is 11.8. The molecular weight excluding hydrogens is 251 g/mol. The highest BCUT2D eigenvalue weighted by atomic mass is 19.1. The quantitative estimate of drug-likeness (QED) is 0.836. The summed E-state index contributed by atoms with van der Waals surface area (Å²) in [5, 5.41) is 2.59. The van der Waals surface area contributed by atoms with Crippen LogP contribution in [0, 0.1) is 11.6 Å². The highest BCUT2D eigenvalue weighted by molar-refractivity contribution is 6.62. The molecular formula is C13H18BF2NO2. The number of hydrogen-bond donors (Lipinski definition) is 1. The smallest absolute Gasteiger partial charge is 0.399 e. The summed E-state index contributed by atoms with van der Waals surface area (Å²) in [6.45, 7) is 7.46. The lowest BCUT2D eigenvalue weighted by Crippen LogP contribution is -2.41. The molecule has 1 aliphatic rings. The Kier molecular flexibility index (Phi) is 3.35. The molecule has 2 rings (SSSR count). The molecule has 3 nitrogen and oxygen atoms in total. The van der Waals surface area contributed by atoms with Crippen LogP contribution < -0.4 is 10.8 Å². The van der Waals surface area contributed by atoms with Gasteiger partial charge in [-0.3, -0.25) is 0 Å². The molecule has 104 valence electrons. The van der Waals surface area contributed by atoms with Crippen molar-refractivity contribution in [3.05, 3.63) is 23.8 Å². The van der Waals surface area contributed by atoms with Crippen LogP contribution in [0.1, 0.15) is 27.7 Å². The van der Waals surface area contributed by atoms with Gasteiger partial charge in [0.25, 0.3) is 0 Å². The third kappa shape index (κ3) is 2.34. The lowest BCUT2D eigenvalue weighted by Gasteiger charge is -2.32. The van der Waals surface area contributed by atoms with E-state index < -0.39 is 30.0 Å². The first kappa shape index (κ1) is 14.3. The molecule has 1 aromatic carbocycles. The van der Waals surface area contributed by atoms with E-state index in [-0.39, 0.29) is 11.2 Å². The molecule has 1 aliphatic heterocycles. The van der Waals surface area contributed by atoms with E-state index in [0.29, 0.717) is 0 Å². The molecule has 0 saturated carbocycles. The van der Waals surface area contributed by atoms with E-state index in [1.54, 1.807) is 0 Å². The van der Waals surface area contributed by atoms with Gasteiger partial charge in [0.2, 0.25) is 0 Å². The van der Waals surface area contributed by atoms with Gasteiger partial charge in [0.1, 0.15) is 11.6 Å². The molecule has 0 spiro atoms. The normalized spacial score (nSPS) is 20.7. The van der Waals surface area contributed by atoms with Crippen molar-refractivity contribution in [1.82, 2.24) is 0 Å². The van der Waals surface area contributed by atoms with Crippen LogP contribution in [0.3, 0.4) is 0 Å². The van der Waals surface area contributed by atoms with Crippen molar-refractivity contribution in [3.8, 4) is 0 Å². The molecule has 0 atom stereocenters. The molecule has 1 saturated heterocycles. The third-order valence-corrected chi connectivity index (χ3v) is 3.86. The standard InChI is InChI=1S/C13H18BF2NO2/c1-12(2)13(3,4)19-14(18-12)8-6-10(16)11(17-5)7-9(8)15/h6-7,17H,1-5H3. The lowest BCUT2D eigenvalue weighted by atomic mass is 9.78. The first-order valence-electron chi connectivity index (χ1n) is 6.20. The summed E-state index contributed by atoms with van der Waals surface area (Å²) in [5.74, 6) is -1.09. The zero-order chi connectivity index (χ0) is 14.4. The molecule has 1 N–H and O–H groups in total. The van der Waals surface area contributed by atoms with Gasteiger partial charge in [0.05, 0.1) is 16.9 Å². The van der Waals surface area contributed by atoms with Crippen molar-refractivity contribution in [2.75, 3.05) is 12.4 Å². The van der Waals surface area contributed by atoms with Crippen molar-refractivity contribution >= 4 is 18.3 Å². The summed E-state index contributed by atoms with van der Waals surface area (Å²) in [7, 11) is 0.636. The topological polar surface area (TPSA) is 30.5 Å². The van der Waals surface area contributed by atoms with Gasteiger partial charge in [-0.15, -0.1) is 0 Å². The first-order valence-corrected chi connectivity index (χ1v) is 6.20. The Bertz CT molecular complexity index is 490. The van der Waals surface area contributed by atoms with Gasteiger partial charge in [-0.05, 0) is 39.8 Å². The Morgan fingerprint density at radius 3 is 2.00 bits per heavy atom. The zero-order valence-corrected chi connectivity index (χ0v) is 11.8. The number of nitrogens with one attached hydrogen (secondary N) is 1. The SMILES string of the molecule is CNc1cc(F)c(B2OC(C)(C)C(C)(C)O2)cc1F. The fourth-order valence-electron chi connectivity index (χ4n) is 1.90. The maximum atomic E-state index is 14.0. The van der Waals surface area contributed by atoms with Crippen LogP contribution in [0.2, 0.25) is 0 Å². The number of hydrogen-bond acceptors (Lipinski definition) is 3. The van der Waals surface area contributed by atoms with Crippen molar-refractivity contribution in [2.45, 2.75) is 38.9 Å². The Morgan fingerprint density at radius 2 is 1.53 bits per heavy atom. The van der Waals surface area contributed by atoms with Crippen LogP contribution in [0.4, 0.5) is 14.5 Å². The molecule has 1 heterocycles. The molecule has 0 amide bonds. The van der Waals surface area contributed by atoms with Crippen molar-refractivity contribution in [3.63, 3.8) is 0 Å². The second-order valence-corrected chi connectivity index (χ2v) is 5.69. The average molecular weight is 269 g/mol. The summed E-state index contributed by atoms with van der Waals surface area (Å²) in [4.78, 5) is 0. The predicted molar refractivity (Wildman–Crippen MR) is 71.6 cm³/mol. The minimum Gasteiger partial charge on any atom is -0.399 e. The Morgan fingerprint density at radius 1 is 1.00 bits per heavy atom. The van der Waals surface area contributed by atoms with Gasteiger partial charge >= 0.3 is 7.12 Å². The predicted octanol–water partition coefficient (Wildman–Crippen LogP) is 2.31. The van der Waals surface area contributed by atoms with E-state index in [9.17, 15) is 8.78 Å². The van der Waals surface area contributed by atoms with E-state index in [1.165, 1.54) is 7.05 Å². The number of halogens is 2. The van der Waals surface area contributed by atoms with Crippen LogP contribution in [-0.4, -0.2) is 25.4 Å². The molecule has 6 heteroatoms. The lowest BCUT2D eigenvalue weighted by molar-refractivity contribution is 0.00578. The minimum atomic E-state index is -0.898. The average Bonchev–Trinajstić information content (AvgIpc) is 2.50. The van der Waals surface area contributed by atoms with Gasteiger partial charge in [0, 0.05) is 12.5 Å². The fourth-order valence-corrected chi connectivity index (χ4v) is 1.90. The summed E-state index contributed by atoms with van der Waals surface area (Å²) in [6.07, 6.45) is 0. The Labute approximate surface area is 112 Å². The van der Waals surface area contributed by atoms with Gasteiger partial charge in [-0.2, -0.15) is 0 Å². The molecule has 1 aromatic rings. The number of benzene rings is 1. The minimum absolute atomic E-state index is 0.0788. The largest absolute Gasteiger partial charge is 0.497 e. The molecule has 0 aromatic heterocycles. The van der Waals surface area contributed by atoms with Gasteiger partial charge in [0.15, 0.2) is 0 Å². The molecule has 19 heavy (non-hydrogen) atoms. The Hall–Kier alpha value is -1.14. The summed E-state index contributed by atoms with van der Waals surface area (Å²) in [6, 6.07) is 2.22. The summed E-state index contributed by atoms with van der Waals surface area (Å²) in [5.41, 5.74) is -0.974. The van der Waals surface area contributed by atoms with E-state index in [0.717, 1.165) is 12.1 Å². The Balaban J connectivity index is 2.37. The first-order chi connectivity index (χ1) is 8.68. The second-order valence-electron chi connectivity index (χ2n) is 5.69. The molecule has 1 fully saturated rings. The molecule has 0 unspecified atom stereocenters. The van der Waals surface area contributed by atoms with Crippen LogP contribution in [0.5, 0.6) is 0 Å². The summed E-state index contributed by atoms with van der Waals surface area (Å²) >= 11 is 0. The van der Waals surface area contributed by atoms with Crippen LogP contribution in [0.15, 0.2) is 12.1 Å². The van der Waals surface area contributed by atoms with Crippen LogP contribution in [-0.2, 0) is 9.31 Å². The van der Waals surface area contributed by atoms with E-state index >= 15 is 0 Å². The number of rotatable bonds is 2. The van der Waals surface area contributed by atoms with Gasteiger partial charge in [-0.25, -0.2) is 8.78 Å². The van der Waals surface area contributed by atoms with Crippen molar-refractivity contribution < 1.29 is 18.1 Å². The number of anilines is 1. The fraction of sp³-hybridized carbons (Fsp3) is 0.538. The summed E-state index contributed by atoms with van der Waals surface area (Å²) < 4.78 is 39.2. The maximum absolute atomic E-state index is 14.0. The van der Waals surface area contributed by atoms with Crippen molar-refractivity contribution in [2.24, 2.45) is 0 Å². The van der Waals surface area contributed by atoms with Crippen LogP contribution >= 0.6 is 0 Å². The highest BCUT2D eigenvalue weighted by Gasteiger charge is 2.52. The van der Waals surface area contributed by atoms with E-state index in [2.05, 4.69) is 5.32 Å². The molecule has 0 bridgehead atoms. The van der Waals surface area contributed by atoms with Crippen molar-refractivity contribution in [1.29, 1.82) is 0 Å². The van der Waals surface area contributed by atoms with E-state index in [4.69, 9.17) is 9.31 Å². The third-order valence-electron chi connectivity index (χ3n) is 3.86. The maximum Gasteiger partial charge on any atom is 0.497 e. The van der Waals surface area contributed by atoms with Gasteiger partial charge < -0.3 is 14.6 Å². The molecule has 0 radical (unpaired) electrons. The molecule has 0 aliphatic carbocycles. The van der Waals surface area contributed by atoms with E-state index in [1.807, 2.05) is 27.7 Å². The van der Waals surface area contributed by atoms with Gasteiger partial charge in [-0.1, -0.05) is 0 Å².